The summed E-state index contributed by atoms with van der Waals surface area (Å²) in [5.74, 6) is 1.78. The molecule has 1 saturated heterocycles. The van der Waals surface area contributed by atoms with Crippen molar-refractivity contribution in [2.24, 2.45) is 5.41 Å². The summed E-state index contributed by atoms with van der Waals surface area (Å²) < 4.78 is 5.61. The van der Waals surface area contributed by atoms with Crippen LogP contribution in [-0.4, -0.2) is 48.0 Å². The first-order valence-electron chi connectivity index (χ1n) is 13.3. The fourth-order valence-corrected chi connectivity index (χ4v) is 5.18. The Kier molecular flexibility index (Phi) is 13.4. The molecule has 2 aliphatic rings. The van der Waals surface area contributed by atoms with Crippen LogP contribution in [-0.2, 0) is 4.74 Å². The van der Waals surface area contributed by atoms with Crippen LogP contribution in [0.4, 0.5) is 11.6 Å². The third-order valence-electron chi connectivity index (χ3n) is 6.82. The number of aromatic nitrogens is 2. The fraction of sp³-hybridized carbons (Fsp3) is 0.643. The van der Waals surface area contributed by atoms with Crippen molar-refractivity contribution in [3.8, 4) is 11.3 Å². The third-order valence-corrected chi connectivity index (χ3v) is 7.12. The minimum atomic E-state index is 0.302. The van der Waals surface area contributed by atoms with Crippen LogP contribution < -0.4 is 10.6 Å². The van der Waals surface area contributed by atoms with Crippen LogP contribution in [0.25, 0.3) is 11.3 Å². The van der Waals surface area contributed by atoms with Crippen LogP contribution in [0.2, 0.25) is 5.02 Å². The van der Waals surface area contributed by atoms with E-state index in [1.165, 1.54) is 44.9 Å². The van der Waals surface area contributed by atoms with E-state index in [1.807, 2.05) is 38.1 Å². The number of nitrogens with one attached hydrogen (secondary N) is 2. The quantitative estimate of drug-likeness (QED) is 0.353. The van der Waals surface area contributed by atoms with Gasteiger partial charge < -0.3 is 20.5 Å². The van der Waals surface area contributed by atoms with Gasteiger partial charge in [0.2, 0.25) is 0 Å². The average molecular weight is 505 g/mol. The summed E-state index contributed by atoms with van der Waals surface area (Å²) in [7, 11) is 1.00. The summed E-state index contributed by atoms with van der Waals surface area (Å²) >= 11 is 6.52. The minimum absolute atomic E-state index is 0.302. The average Bonchev–Trinajstić information content (AvgIpc) is 2.92. The topological polar surface area (TPSA) is 79.3 Å². The lowest BCUT2D eigenvalue weighted by Gasteiger charge is -2.37. The van der Waals surface area contributed by atoms with Gasteiger partial charge in [-0.25, -0.2) is 9.97 Å². The van der Waals surface area contributed by atoms with Gasteiger partial charge in [-0.2, -0.15) is 0 Å². The molecular weight excluding hydrogens is 460 g/mol. The van der Waals surface area contributed by atoms with E-state index < -0.39 is 0 Å². The molecule has 2 aromatic heterocycles. The molecule has 0 unspecified atom stereocenters. The highest BCUT2D eigenvalue weighted by molar-refractivity contribution is 6.33. The lowest BCUT2D eigenvalue weighted by molar-refractivity contribution is 0.0164. The number of nitrogens with zero attached hydrogens (tertiary/aromatic N) is 2. The fourth-order valence-electron chi connectivity index (χ4n) is 4.98. The van der Waals surface area contributed by atoms with Crippen molar-refractivity contribution in [3.05, 3.63) is 35.5 Å². The molecule has 0 bridgehead atoms. The van der Waals surface area contributed by atoms with Gasteiger partial charge in [0.25, 0.3) is 0 Å². The molecule has 35 heavy (non-hydrogen) atoms. The molecule has 1 aliphatic heterocycles. The number of pyridine rings is 2. The Labute approximate surface area is 217 Å². The number of aliphatic hydroxyl groups is 1. The summed E-state index contributed by atoms with van der Waals surface area (Å²) in [6, 6.07) is 8.66. The van der Waals surface area contributed by atoms with Gasteiger partial charge >= 0.3 is 0 Å². The van der Waals surface area contributed by atoms with Gasteiger partial charge in [0.15, 0.2) is 0 Å². The van der Waals surface area contributed by atoms with Crippen molar-refractivity contribution in [2.45, 2.75) is 84.6 Å². The molecule has 196 valence electrons. The zero-order chi connectivity index (χ0) is 25.5. The summed E-state index contributed by atoms with van der Waals surface area (Å²) in [5.41, 5.74) is 2.10. The van der Waals surface area contributed by atoms with E-state index in [2.05, 4.69) is 22.5 Å². The van der Waals surface area contributed by atoms with Crippen molar-refractivity contribution in [2.75, 3.05) is 37.5 Å². The van der Waals surface area contributed by atoms with E-state index in [1.54, 1.807) is 6.20 Å². The molecule has 0 aromatic carbocycles. The van der Waals surface area contributed by atoms with Crippen LogP contribution in [0.3, 0.4) is 0 Å². The Morgan fingerprint density at radius 3 is 2.49 bits per heavy atom. The van der Waals surface area contributed by atoms with Gasteiger partial charge in [0.05, 0.1) is 10.7 Å². The Morgan fingerprint density at radius 2 is 1.80 bits per heavy atom. The lowest BCUT2D eigenvalue weighted by Crippen LogP contribution is -2.36. The Hall–Kier alpha value is -1.89. The lowest BCUT2D eigenvalue weighted by atomic mass is 9.76. The predicted octanol–water partition coefficient (Wildman–Crippen LogP) is 7.19. The predicted molar refractivity (Wildman–Crippen MR) is 148 cm³/mol. The van der Waals surface area contributed by atoms with Gasteiger partial charge in [0.1, 0.15) is 11.6 Å². The van der Waals surface area contributed by atoms with Gasteiger partial charge in [-0.05, 0) is 55.7 Å². The zero-order valence-electron chi connectivity index (χ0n) is 22.1. The van der Waals surface area contributed by atoms with Crippen LogP contribution in [0, 0.1) is 5.41 Å². The van der Waals surface area contributed by atoms with Gasteiger partial charge in [-0.1, -0.05) is 64.1 Å². The van der Waals surface area contributed by atoms with E-state index >= 15 is 0 Å². The van der Waals surface area contributed by atoms with Crippen molar-refractivity contribution < 1.29 is 9.84 Å². The van der Waals surface area contributed by atoms with E-state index in [-0.39, 0.29) is 0 Å². The van der Waals surface area contributed by atoms with E-state index in [9.17, 15) is 0 Å². The van der Waals surface area contributed by atoms with Crippen LogP contribution >= 0.6 is 11.6 Å². The van der Waals surface area contributed by atoms with Crippen molar-refractivity contribution in [1.82, 2.24) is 9.97 Å². The molecule has 0 radical (unpaired) electrons. The van der Waals surface area contributed by atoms with Gasteiger partial charge in [0, 0.05) is 44.7 Å². The van der Waals surface area contributed by atoms with E-state index in [4.69, 9.17) is 26.4 Å². The molecule has 1 saturated carbocycles. The van der Waals surface area contributed by atoms with Crippen molar-refractivity contribution >= 4 is 23.2 Å². The molecule has 0 amide bonds. The van der Waals surface area contributed by atoms with E-state index in [0.717, 1.165) is 62.6 Å². The second-order valence-electron chi connectivity index (χ2n) is 9.15. The molecule has 3 N–H and O–H groups in total. The molecule has 0 atom stereocenters. The largest absolute Gasteiger partial charge is 0.400 e. The van der Waals surface area contributed by atoms with Crippen molar-refractivity contribution in [3.63, 3.8) is 0 Å². The summed E-state index contributed by atoms with van der Waals surface area (Å²) in [6.07, 6.45) is 12.7. The first kappa shape index (κ1) is 29.3. The SMILES string of the molecule is CC.CCCC1(CNc2cccc(-c3cc(NC4CCCCC4)ncc3Cl)n2)CCOCC1.CO. The number of aliphatic hydroxyl groups excluding tert-OH is 1. The molecule has 6 nitrogen and oxygen atoms in total. The highest BCUT2D eigenvalue weighted by Crippen LogP contribution is 2.36. The van der Waals surface area contributed by atoms with Crippen molar-refractivity contribution in [1.29, 1.82) is 0 Å². The molecule has 0 spiro atoms. The summed E-state index contributed by atoms with van der Waals surface area (Å²) in [6.45, 7) is 8.91. The minimum Gasteiger partial charge on any atom is -0.400 e. The second-order valence-corrected chi connectivity index (χ2v) is 9.56. The Balaban J connectivity index is 0.00000103. The number of hydrogen-bond donors (Lipinski definition) is 3. The van der Waals surface area contributed by atoms with Crippen LogP contribution in [0.1, 0.15) is 78.6 Å². The molecule has 2 aromatic rings. The molecule has 3 heterocycles. The first-order chi connectivity index (χ1) is 17.2. The molecule has 2 fully saturated rings. The number of rotatable bonds is 8. The Morgan fingerprint density at radius 1 is 1.09 bits per heavy atom. The zero-order valence-corrected chi connectivity index (χ0v) is 22.8. The third kappa shape index (κ3) is 8.93. The molecule has 1 aliphatic carbocycles. The number of halogens is 1. The monoisotopic (exact) mass is 504 g/mol. The van der Waals surface area contributed by atoms with Gasteiger partial charge in [-0.3, -0.25) is 0 Å². The second kappa shape index (κ2) is 16.0. The van der Waals surface area contributed by atoms with Gasteiger partial charge in [-0.15, -0.1) is 0 Å². The van der Waals surface area contributed by atoms with E-state index in [0.29, 0.717) is 16.5 Å². The highest BCUT2D eigenvalue weighted by Gasteiger charge is 2.31. The van der Waals surface area contributed by atoms with Crippen LogP contribution in [0.15, 0.2) is 30.5 Å². The number of anilines is 2. The number of ether oxygens (including phenoxy) is 1. The maximum Gasteiger partial charge on any atom is 0.126 e. The first-order valence-corrected chi connectivity index (χ1v) is 13.7. The standard InChI is InChI=1S/C25H35ClN4O.C2H6.CH4O/c1-2-11-25(12-14-31-15-13-25)18-28-23-10-6-9-22(30-23)20-16-24(27-17-21(20)26)29-19-7-4-3-5-8-19;2*1-2/h6,9-10,16-17,19H,2-5,7-8,11-15,18H2,1H3,(H,27,29)(H,28,30);1-2H3;2H,1H3. The van der Waals surface area contributed by atoms with Crippen LogP contribution in [0.5, 0.6) is 0 Å². The molecule has 4 rings (SSSR count). The smallest absolute Gasteiger partial charge is 0.126 e. The maximum atomic E-state index is 7.00. The highest BCUT2D eigenvalue weighted by atomic mass is 35.5. The molecule has 7 heteroatoms. The molecular formula is C28H45ClN4O2. The Bertz CT molecular complexity index is 847. The summed E-state index contributed by atoms with van der Waals surface area (Å²) in [5, 5.41) is 14.8. The summed E-state index contributed by atoms with van der Waals surface area (Å²) in [4.78, 5) is 9.39. The number of hydrogen-bond acceptors (Lipinski definition) is 6. The normalized spacial score (nSPS) is 17.3. The maximum absolute atomic E-state index is 7.00.